The summed E-state index contributed by atoms with van der Waals surface area (Å²) < 4.78 is 36.6. The highest BCUT2D eigenvalue weighted by atomic mass is 79.9. The van der Waals surface area contributed by atoms with Crippen molar-refractivity contribution in [3.05, 3.63) is 27.7 Å². The molecular weight excluding hydrogens is 281 g/mol. The standard InChI is InChI=1S/C8H4BrF3O3/c9-5-2-6(13)3(7(14)15)1-4(5)8(10,11)12/h1-2,13H,(H,14,15). The first-order chi connectivity index (χ1) is 6.73. The molecule has 0 saturated carbocycles. The Hall–Kier alpha value is -1.24. The summed E-state index contributed by atoms with van der Waals surface area (Å²) >= 11 is 2.59. The first-order valence-electron chi connectivity index (χ1n) is 3.56. The number of carbonyl (C=O) groups is 1. The number of carboxylic acids is 1. The Morgan fingerprint density at radius 3 is 2.27 bits per heavy atom. The quantitative estimate of drug-likeness (QED) is 0.834. The molecule has 82 valence electrons. The van der Waals surface area contributed by atoms with Crippen molar-refractivity contribution in [3.63, 3.8) is 0 Å². The zero-order chi connectivity index (χ0) is 11.8. The molecule has 7 heteroatoms. The molecule has 1 aromatic carbocycles. The number of rotatable bonds is 1. The Bertz CT molecular complexity index is 414. The summed E-state index contributed by atoms with van der Waals surface area (Å²) in [6.45, 7) is 0. The summed E-state index contributed by atoms with van der Waals surface area (Å²) in [6, 6.07) is 1.08. The highest BCUT2D eigenvalue weighted by molar-refractivity contribution is 9.10. The van der Waals surface area contributed by atoms with E-state index in [2.05, 4.69) is 15.9 Å². The first-order valence-corrected chi connectivity index (χ1v) is 4.35. The molecule has 0 bridgehead atoms. The lowest BCUT2D eigenvalue weighted by atomic mass is 10.1. The van der Waals surface area contributed by atoms with Crippen molar-refractivity contribution in [1.82, 2.24) is 0 Å². The SMILES string of the molecule is O=C(O)c1cc(C(F)(F)F)c(Br)cc1O. The van der Waals surface area contributed by atoms with Crippen molar-refractivity contribution >= 4 is 21.9 Å². The summed E-state index contributed by atoms with van der Waals surface area (Å²) in [5, 5.41) is 17.6. The molecule has 0 amide bonds. The second-order valence-electron chi connectivity index (χ2n) is 2.65. The molecule has 0 atom stereocenters. The van der Waals surface area contributed by atoms with Gasteiger partial charge in [-0.15, -0.1) is 0 Å². The van der Waals surface area contributed by atoms with Crippen LogP contribution >= 0.6 is 15.9 Å². The van der Waals surface area contributed by atoms with E-state index in [4.69, 9.17) is 10.2 Å². The molecule has 0 fully saturated rings. The van der Waals surface area contributed by atoms with Crippen molar-refractivity contribution in [1.29, 1.82) is 0 Å². The Labute approximate surface area is 90.3 Å². The van der Waals surface area contributed by atoms with Crippen LogP contribution in [0.15, 0.2) is 16.6 Å². The predicted octanol–water partition coefficient (Wildman–Crippen LogP) is 2.87. The fourth-order valence-corrected chi connectivity index (χ4v) is 1.51. The lowest BCUT2D eigenvalue weighted by molar-refractivity contribution is -0.138. The average molecular weight is 285 g/mol. The van der Waals surface area contributed by atoms with Gasteiger partial charge in [0, 0.05) is 4.47 Å². The maximum Gasteiger partial charge on any atom is 0.417 e. The molecular formula is C8H4BrF3O3. The number of carboxylic acid groups (broad SMARTS) is 1. The largest absolute Gasteiger partial charge is 0.507 e. The molecule has 3 nitrogen and oxygen atoms in total. The smallest absolute Gasteiger partial charge is 0.417 e. The number of hydrogen-bond donors (Lipinski definition) is 2. The van der Waals surface area contributed by atoms with Gasteiger partial charge in [0.2, 0.25) is 0 Å². The van der Waals surface area contributed by atoms with Crippen LogP contribution in [0.4, 0.5) is 13.2 Å². The summed E-state index contributed by atoms with van der Waals surface area (Å²) in [4.78, 5) is 10.5. The zero-order valence-corrected chi connectivity index (χ0v) is 8.56. The van der Waals surface area contributed by atoms with Gasteiger partial charge in [-0.1, -0.05) is 15.9 Å². The molecule has 0 unspecified atom stereocenters. The van der Waals surface area contributed by atoms with E-state index in [1.165, 1.54) is 0 Å². The third-order valence-corrected chi connectivity index (χ3v) is 2.28. The molecule has 0 aliphatic carbocycles. The van der Waals surface area contributed by atoms with Crippen molar-refractivity contribution < 1.29 is 28.2 Å². The van der Waals surface area contributed by atoms with E-state index in [0.717, 1.165) is 0 Å². The highest BCUT2D eigenvalue weighted by Crippen LogP contribution is 2.38. The fourth-order valence-electron chi connectivity index (χ4n) is 0.951. The van der Waals surface area contributed by atoms with Gasteiger partial charge in [-0.2, -0.15) is 13.2 Å². The molecule has 0 aromatic heterocycles. The van der Waals surface area contributed by atoms with E-state index in [0.29, 0.717) is 12.1 Å². The fraction of sp³-hybridized carbons (Fsp3) is 0.125. The van der Waals surface area contributed by atoms with Gasteiger partial charge >= 0.3 is 12.1 Å². The van der Waals surface area contributed by atoms with Gasteiger partial charge in [-0.3, -0.25) is 0 Å². The topological polar surface area (TPSA) is 57.5 Å². The van der Waals surface area contributed by atoms with Crippen molar-refractivity contribution in [2.24, 2.45) is 0 Å². The molecule has 0 heterocycles. The van der Waals surface area contributed by atoms with E-state index >= 15 is 0 Å². The van der Waals surface area contributed by atoms with Crippen molar-refractivity contribution in [2.75, 3.05) is 0 Å². The van der Waals surface area contributed by atoms with Gasteiger partial charge in [0.1, 0.15) is 11.3 Å². The lowest BCUT2D eigenvalue weighted by Gasteiger charge is -2.10. The maximum absolute atomic E-state index is 12.3. The van der Waals surface area contributed by atoms with E-state index < -0.39 is 33.5 Å². The number of benzene rings is 1. The predicted molar refractivity (Wildman–Crippen MR) is 47.8 cm³/mol. The van der Waals surface area contributed by atoms with Crippen LogP contribution in [0.2, 0.25) is 0 Å². The van der Waals surface area contributed by atoms with Gasteiger partial charge in [0.15, 0.2) is 0 Å². The Balaban J connectivity index is 3.43. The van der Waals surface area contributed by atoms with Gasteiger partial charge in [0.25, 0.3) is 0 Å². The van der Waals surface area contributed by atoms with E-state index in [1.807, 2.05) is 0 Å². The molecule has 0 aliphatic heterocycles. The molecule has 0 radical (unpaired) electrons. The minimum absolute atomic E-state index is 0.377. The minimum atomic E-state index is -4.67. The third-order valence-electron chi connectivity index (χ3n) is 1.62. The van der Waals surface area contributed by atoms with Crippen LogP contribution in [-0.4, -0.2) is 16.2 Å². The minimum Gasteiger partial charge on any atom is -0.507 e. The van der Waals surface area contributed by atoms with Crippen LogP contribution in [0.1, 0.15) is 15.9 Å². The monoisotopic (exact) mass is 284 g/mol. The first kappa shape index (κ1) is 11.8. The Morgan fingerprint density at radius 1 is 1.33 bits per heavy atom. The number of aromatic carboxylic acids is 1. The van der Waals surface area contributed by atoms with Crippen LogP contribution in [0.5, 0.6) is 5.75 Å². The van der Waals surface area contributed by atoms with E-state index in [-0.39, 0.29) is 0 Å². The normalized spacial score (nSPS) is 11.5. The zero-order valence-electron chi connectivity index (χ0n) is 6.97. The van der Waals surface area contributed by atoms with Crippen molar-refractivity contribution in [3.8, 4) is 5.75 Å². The van der Waals surface area contributed by atoms with Gasteiger partial charge < -0.3 is 10.2 Å². The summed E-state index contributed by atoms with van der Waals surface area (Å²) in [5.74, 6) is -2.34. The Morgan fingerprint density at radius 2 is 1.87 bits per heavy atom. The molecule has 2 N–H and O–H groups in total. The van der Waals surface area contributed by atoms with Crippen LogP contribution < -0.4 is 0 Å². The highest BCUT2D eigenvalue weighted by Gasteiger charge is 2.34. The molecule has 0 aliphatic rings. The van der Waals surface area contributed by atoms with Gasteiger partial charge in [-0.25, -0.2) is 4.79 Å². The lowest BCUT2D eigenvalue weighted by Crippen LogP contribution is -2.08. The molecule has 15 heavy (non-hydrogen) atoms. The van der Waals surface area contributed by atoms with Crippen LogP contribution in [-0.2, 0) is 6.18 Å². The van der Waals surface area contributed by atoms with Crippen LogP contribution in [0, 0.1) is 0 Å². The maximum atomic E-state index is 12.3. The summed E-state index contributed by atoms with van der Waals surface area (Å²) in [5.41, 5.74) is -1.93. The van der Waals surface area contributed by atoms with Gasteiger partial charge in [0.05, 0.1) is 5.56 Å². The average Bonchev–Trinajstić information content (AvgIpc) is 2.00. The number of hydrogen-bond acceptors (Lipinski definition) is 2. The van der Waals surface area contributed by atoms with E-state index in [1.54, 1.807) is 0 Å². The van der Waals surface area contributed by atoms with E-state index in [9.17, 15) is 18.0 Å². The number of aromatic hydroxyl groups is 1. The molecule has 0 saturated heterocycles. The Kier molecular flexibility index (Phi) is 2.94. The van der Waals surface area contributed by atoms with Gasteiger partial charge in [-0.05, 0) is 12.1 Å². The molecule has 0 spiro atoms. The van der Waals surface area contributed by atoms with Crippen molar-refractivity contribution in [2.45, 2.75) is 6.18 Å². The van der Waals surface area contributed by atoms with Crippen LogP contribution in [0.25, 0.3) is 0 Å². The van der Waals surface area contributed by atoms with Crippen LogP contribution in [0.3, 0.4) is 0 Å². The number of phenols is 1. The number of halogens is 4. The second-order valence-corrected chi connectivity index (χ2v) is 3.51. The second kappa shape index (κ2) is 3.73. The third kappa shape index (κ3) is 2.41. The summed E-state index contributed by atoms with van der Waals surface area (Å²) in [6.07, 6.45) is -4.67. The molecule has 1 rings (SSSR count). The number of alkyl halides is 3. The molecule has 1 aromatic rings. The summed E-state index contributed by atoms with van der Waals surface area (Å²) in [7, 11) is 0.